The first-order valence-electron chi connectivity index (χ1n) is 9.13. The minimum absolute atomic E-state index is 0.356. The number of hydrogen-bond acceptors (Lipinski definition) is 4. The Kier molecular flexibility index (Phi) is 5.44. The maximum Gasteiger partial charge on any atom is 0.0678 e. The van der Waals surface area contributed by atoms with E-state index in [4.69, 9.17) is 10.5 Å². The second-order valence-corrected chi connectivity index (χ2v) is 7.21. The zero-order valence-electron chi connectivity index (χ0n) is 14.6. The Labute approximate surface area is 140 Å². The lowest BCUT2D eigenvalue weighted by molar-refractivity contribution is -0.0680. The fourth-order valence-corrected chi connectivity index (χ4v) is 3.98. The van der Waals surface area contributed by atoms with Gasteiger partial charge in [-0.1, -0.05) is 6.07 Å². The molecule has 0 amide bonds. The quantitative estimate of drug-likeness (QED) is 0.848. The smallest absolute Gasteiger partial charge is 0.0678 e. The zero-order chi connectivity index (χ0) is 16.2. The van der Waals surface area contributed by atoms with Crippen LogP contribution in [0.2, 0.25) is 0 Å². The molecule has 2 saturated heterocycles. The van der Waals surface area contributed by atoms with Crippen LogP contribution in [0.15, 0.2) is 18.2 Å². The van der Waals surface area contributed by atoms with Gasteiger partial charge in [-0.05, 0) is 63.8 Å². The van der Waals surface area contributed by atoms with Gasteiger partial charge in [0.05, 0.1) is 23.6 Å². The summed E-state index contributed by atoms with van der Waals surface area (Å²) in [6.45, 7) is 9.89. The Bertz CT molecular complexity index is 503. The molecule has 1 aromatic rings. The van der Waals surface area contributed by atoms with Gasteiger partial charge in [-0.15, -0.1) is 0 Å². The van der Waals surface area contributed by atoms with Crippen molar-refractivity contribution in [3.8, 4) is 0 Å². The van der Waals surface area contributed by atoms with Crippen LogP contribution in [-0.2, 0) is 11.2 Å². The summed E-state index contributed by atoms with van der Waals surface area (Å²) in [5.74, 6) is 0. The number of aryl methyl sites for hydroxylation is 1. The summed E-state index contributed by atoms with van der Waals surface area (Å²) >= 11 is 0. The molecule has 2 atom stereocenters. The van der Waals surface area contributed by atoms with Gasteiger partial charge >= 0.3 is 0 Å². The molecule has 128 valence electrons. The number of rotatable bonds is 5. The van der Waals surface area contributed by atoms with E-state index in [2.05, 4.69) is 41.8 Å². The van der Waals surface area contributed by atoms with Crippen molar-refractivity contribution in [2.45, 2.75) is 51.7 Å². The highest BCUT2D eigenvalue weighted by molar-refractivity contribution is 5.68. The Hall–Kier alpha value is -1.26. The Balaban J connectivity index is 1.49. The normalized spacial score (nSPS) is 25.9. The van der Waals surface area contributed by atoms with Crippen molar-refractivity contribution in [2.24, 2.45) is 0 Å². The molecule has 3 rings (SSSR count). The molecular formula is C19H31N3O. The number of nitrogens with zero attached hydrogens (tertiary/aromatic N) is 2. The molecule has 2 heterocycles. The highest BCUT2D eigenvalue weighted by atomic mass is 16.5. The number of ether oxygens (including phenoxy) is 1. The summed E-state index contributed by atoms with van der Waals surface area (Å²) in [7, 11) is 0. The summed E-state index contributed by atoms with van der Waals surface area (Å²) in [5.41, 5.74) is 9.81. The number of anilines is 2. The van der Waals surface area contributed by atoms with Gasteiger partial charge in [-0.25, -0.2) is 0 Å². The lowest BCUT2D eigenvalue weighted by Crippen LogP contribution is -2.45. The monoisotopic (exact) mass is 317 g/mol. The number of benzene rings is 1. The fourth-order valence-electron chi connectivity index (χ4n) is 3.98. The van der Waals surface area contributed by atoms with Gasteiger partial charge in [0.25, 0.3) is 0 Å². The third kappa shape index (κ3) is 4.39. The largest absolute Gasteiger partial charge is 0.397 e. The number of morpholine rings is 1. The van der Waals surface area contributed by atoms with Crippen molar-refractivity contribution in [1.29, 1.82) is 0 Å². The van der Waals surface area contributed by atoms with Crippen LogP contribution >= 0.6 is 0 Å². The van der Waals surface area contributed by atoms with E-state index in [0.717, 1.165) is 44.8 Å². The number of nitrogen functional groups attached to an aromatic ring is 1. The van der Waals surface area contributed by atoms with Crippen LogP contribution in [-0.4, -0.2) is 49.8 Å². The zero-order valence-corrected chi connectivity index (χ0v) is 14.6. The molecule has 23 heavy (non-hydrogen) atoms. The Morgan fingerprint density at radius 2 is 1.83 bits per heavy atom. The molecule has 2 N–H and O–H groups in total. The molecule has 2 unspecified atom stereocenters. The summed E-state index contributed by atoms with van der Waals surface area (Å²) in [6.07, 6.45) is 5.57. The van der Waals surface area contributed by atoms with Gasteiger partial charge < -0.3 is 15.4 Å². The molecule has 0 radical (unpaired) electrons. The van der Waals surface area contributed by atoms with Crippen LogP contribution in [0.4, 0.5) is 11.4 Å². The van der Waals surface area contributed by atoms with Crippen molar-refractivity contribution >= 4 is 11.4 Å². The molecule has 2 aliphatic rings. The number of hydrogen-bond donors (Lipinski definition) is 1. The summed E-state index contributed by atoms with van der Waals surface area (Å²) in [4.78, 5) is 4.94. The van der Waals surface area contributed by atoms with E-state index >= 15 is 0 Å². The lowest BCUT2D eigenvalue weighted by Gasteiger charge is -2.35. The van der Waals surface area contributed by atoms with Gasteiger partial charge in [0.1, 0.15) is 0 Å². The van der Waals surface area contributed by atoms with Gasteiger partial charge in [0.2, 0.25) is 0 Å². The summed E-state index contributed by atoms with van der Waals surface area (Å²) < 4.78 is 5.80. The SMILES string of the molecule is CC1CN(CCCc2ccc(N3CCCC3)c(N)c2)CC(C)O1. The molecular weight excluding hydrogens is 286 g/mol. The van der Waals surface area contributed by atoms with Gasteiger partial charge in [-0.2, -0.15) is 0 Å². The van der Waals surface area contributed by atoms with Crippen LogP contribution in [0, 0.1) is 0 Å². The first-order chi connectivity index (χ1) is 11.1. The van der Waals surface area contributed by atoms with E-state index in [0.29, 0.717) is 12.2 Å². The van der Waals surface area contributed by atoms with Crippen LogP contribution in [0.1, 0.15) is 38.7 Å². The molecule has 4 heteroatoms. The topological polar surface area (TPSA) is 41.7 Å². The van der Waals surface area contributed by atoms with Crippen LogP contribution in [0.5, 0.6) is 0 Å². The highest BCUT2D eigenvalue weighted by Gasteiger charge is 2.21. The predicted molar refractivity (Wildman–Crippen MR) is 97.1 cm³/mol. The molecule has 0 spiro atoms. The second kappa shape index (κ2) is 7.54. The van der Waals surface area contributed by atoms with Crippen LogP contribution in [0.25, 0.3) is 0 Å². The third-order valence-corrected chi connectivity index (χ3v) is 4.97. The molecule has 0 aliphatic carbocycles. The predicted octanol–water partition coefficient (Wildman–Crippen LogP) is 2.91. The first kappa shape index (κ1) is 16.6. The summed E-state index contributed by atoms with van der Waals surface area (Å²) in [5, 5.41) is 0. The van der Waals surface area contributed by atoms with Crippen LogP contribution in [0.3, 0.4) is 0 Å². The van der Waals surface area contributed by atoms with Crippen molar-refractivity contribution in [3.63, 3.8) is 0 Å². The van der Waals surface area contributed by atoms with Crippen molar-refractivity contribution in [1.82, 2.24) is 4.90 Å². The molecule has 2 aliphatic heterocycles. The van der Waals surface area contributed by atoms with Crippen LogP contribution < -0.4 is 10.6 Å². The molecule has 0 bridgehead atoms. The van der Waals surface area contributed by atoms with E-state index in [1.54, 1.807) is 0 Å². The molecule has 2 fully saturated rings. The maximum absolute atomic E-state index is 6.28. The van der Waals surface area contributed by atoms with E-state index in [9.17, 15) is 0 Å². The summed E-state index contributed by atoms with van der Waals surface area (Å²) in [6, 6.07) is 6.65. The molecule has 0 saturated carbocycles. The molecule has 1 aromatic carbocycles. The molecule has 0 aromatic heterocycles. The van der Waals surface area contributed by atoms with Crippen molar-refractivity contribution in [2.75, 3.05) is 43.4 Å². The van der Waals surface area contributed by atoms with Crippen molar-refractivity contribution in [3.05, 3.63) is 23.8 Å². The van der Waals surface area contributed by atoms with Gasteiger partial charge in [0, 0.05) is 26.2 Å². The second-order valence-electron chi connectivity index (χ2n) is 7.21. The van der Waals surface area contributed by atoms with E-state index in [-0.39, 0.29) is 0 Å². The van der Waals surface area contributed by atoms with E-state index < -0.39 is 0 Å². The maximum atomic E-state index is 6.28. The third-order valence-electron chi connectivity index (χ3n) is 4.97. The minimum atomic E-state index is 0.356. The van der Waals surface area contributed by atoms with Gasteiger partial charge in [-0.3, -0.25) is 4.90 Å². The highest BCUT2D eigenvalue weighted by Crippen LogP contribution is 2.28. The first-order valence-corrected chi connectivity index (χ1v) is 9.13. The Morgan fingerprint density at radius 3 is 2.48 bits per heavy atom. The average molecular weight is 317 g/mol. The van der Waals surface area contributed by atoms with Crippen molar-refractivity contribution < 1.29 is 4.74 Å². The number of nitrogens with two attached hydrogens (primary N) is 1. The molecule has 4 nitrogen and oxygen atoms in total. The Morgan fingerprint density at radius 1 is 1.13 bits per heavy atom. The fraction of sp³-hybridized carbons (Fsp3) is 0.684. The lowest BCUT2D eigenvalue weighted by atomic mass is 10.1. The standard InChI is InChI=1S/C19H31N3O/c1-15-13-21(14-16(2)23-15)9-5-6-17-7-8-19(18(20)12-17)22-10-3-4-11-22/h7-8,12,15-16H,3-6,9-11,13-14,20H2,1-2H3. The van der Waals surface area contributed by atoms with Gasteiger partial charge in [0.15, 0.2) is 0 Å². The van der Waals surface area contributed by atoms with E-state index in [1.165, 1.54) is 30.5 Å². The minimum Gasteiger partial charge on any atom is -0.397 e. The average Bonchev–Trinajstić information content (AvgIpc) is 3.00. The van der Waals surface area contributed by atoms with E-state index in [1.807, 2.05) is 0 Å².